The molecule has 4 aromatic rings. The summed E-state index contributed by atoms with van der Waals surface area (Å²) >= 11 is 7.73. The number of nitrogens with one attached hydrogen (secondary N) is 1. The van der Waals surface area contributed by atoms with Crippen LogP contribution in [0.3, 0.4) is 0 Å². The van der Waals surface area contributed by atoms with Crippen LogP contribution in [0.5, 0.6) is 0 Å². The summed E-state index contributed by atoms with van der Waals surface area (Å²) in [6.45, 7) is 0.504. The predicted molar refractivity (Wildman–Crippen MR) is 109 cm³/mol. The van der Waals surface area contributed by atoms with Gasteiger partial charge in [-0.15, -0.1) is 11.3 Å². The van der Waals surface area contributed by atoms with Crippen LogP contribution in [-0.2, 0) is 6.54 Å². The molecule has 0 unspecified atom stereocenters. The van der Waals surface area contributed by atoms with Crippen molar-refractivity contribution in [2.45, 2.75) is 6.54 Å². The monoisotopic (exact) mass is 393 g/mol. The third-order valence-corrected chi connectivity index (χ3v) is 5.27. The zero-order valence-corrected chi connectivity index (χ0v) is 15.9. The lowest BCUT2D eigenvalue weighted by molar-refractivity contribution is 0.0944. The first-order valence-corrected chi connectivity index (χ1v) is 9.66. The van der Waals surface area contributed by atoms with Crippen molar-refractivity contribution in [1.82, 2.24) is 14.9 Å². The number of aromatic nitrogens is 2. The number of imidazole rings is 1. The largest absolute Gasteiger partial charge is 0.346 e. The van der Waals surface area contributed by atoms with Crippen LogP contribution in [0.4, 0.5) is 0 Å². The second-order valence-electron chi connectivity index (χ2n) is 5.97. The van der Waals surface area contributed by atoms with Crippen molar-refractivity contribution < 1.29 is 4.79 Å². The molecule has 0 spiro atoms. The van der Waals surface area contributed by atoms with Gasteiger partial charge in [0.1, 0.15) is 5.69 Å². The molecule has 4 rings (SSSR count). The second-order valence-corrected chi connectivity index (χ2v) is 7.44. The molecule has 4 nitrogen and oxygen atoms in total. The number of amides is 1. The van der Waals surface area contributed by atoms with E-state index in [4.69, 9.17) is 11.6 Å². The molecule has 27 heavy (non-hydrogen) atoms. The first-order chi connectivity index (χ1) is 13.2. The molecular formula is C21H16ClN3OS. The lowest BCUT2D eigenvalue weighted by Gasteiger charge is -2.10. The fourth-order valence-corrected chi connectivity index (χ4v) is 3.68. The van der Waals surface area contributed by atoms with E-state index in [1.54, 1.807) is 28.4 Å². The molecule has 0 aliphatic rings. The number of nitrogens with zero attached hydrogens (tertiary/aromatic N) is 2. The van der Waals surface area contributed by atoms with E-state index in [1.807, 2.05) is 66.0 Å². The molecule has 0 saturated heterocycles. The van der Waals surface area contributed by atoms with Crippen molar-refractivity contribution in [3.05, 3.63) is 94.2 Å². The van der Waals surface area contributed by atoms with E-state index in [-0.39, 0.29) is 5.91 Å². The van der Waals surface area contributed by atoms with Gasteiger partial charge in [0.05, 0.1) is 19.1 Å². The molecule has 1 amide bonds. The highest BCUT2D eigenvalue weighted by Crippen LogP contribution is 2.25. The molecule has 0 bridgehead atoms. The Morgan fingerprint density at radius 3 is 2.67 bits per heavy atom. The molecule has 134 valence electrons. The Hall–Kier alpha value is -2.89. The van der Waals surface area contributed by atoms with Gasteiger partial charge < -0.3 is 5.32 Å². The van der Waals surface area contributed by atoms with Crippen LogP contribution in [0.15, 0.2) is 78.6 Å². The van der Waals surface area contributed by atoms with Gasteiger partial charge in [0.15, 0.2) is 0 Å². The third kappa shape index (κ3) is 3.94. The Balaban J connectivity index is 1.60. The second kappa shape index (κ2) is 7.78. The number of thiophene rings is 1. The molecule has 2 heterocycles. The summed E-state index contributed by atoms with van der Waals surface area (Å²) in [6, 6.07) is 19.6. The number of hydrogen-bond donors (Lipinski definition) is 1. The van der Waals surface area contributed by atoms with Gasteiger partial charge in [0.25, 0.3) is 5.91 Å². The summed E-state index contributed by atoms with van der Waals surface area (Å²) in [4.78, 5) is 17.9. The van der Waals surface area contributed by atoms with Gasteiger partial charge in [-0.05, 0) is 46.8 Å². The summed E-state index contributed by atoms with van der Waals surface area (Å²) in [5.41, 5.74) is 3.41. The third-order valence-electron chi connectivity index (χ3n) is 4.16. The van der Waals surface area contributed by atoms with E-state index < -0.39 is 0 Å². The van der Waals surface area contributed by atoms with Crippen LogP contribution >= 0.6 is 22.9 Å². The van der Waals surface area contributed by atoms with Crippen LogP contribution in [0, 0.1) is 0 Å². The minimum Gasteiger partial charge on any atom is -0.346 e. The van der Waals surface area contributed by atoms with Crippen LogP contribution in [0.2, 0.25) is 5.02 Å². The number of carbonyl (C=O) groups is 1. The van der Waals surface area contributed by atoms with Crippen LogP contribution in [-0.4, -0.2) is 15.5 Å². The van der Waals surface area contributed by atoms with Gasteiger partial charge in [-0.3, -0.25) is 9.36 Å². The average molecular weight is 394 g/mol. The number of carbonyl (C=O) groups excluding carboxylic acids is 1. The average Bonchev–Trinajstić information content (AvgIpc) is 3.38. The van der Waals surface area contributed by atoms with Gasteiger partial charge in [0, 0.05) is 15.6 Å². The minimum absolute atomic E-state index is 0.158. The zero-order valence-electron chi connectivity index (χ0n) is 14.3. The number of rotatable bonds is 5. The maximum Gasteiger partial charge on any atom is 0.270 e. The lowest BCUT2D eigenvalue weighted by Crippen LogP contribution is -2.24. The normalized spacial score (nSPS) is 10.7. The molecule has 0 aliphatic carbocycles. The molecule has 2 aromatic heterocycles. The zero-order chi connectivity index (χ0) is 18.6. The summed E-state index contributed by atoms with van der Waals surface area (Å²) in [5.74, 6) is -0.158. The number of hydrogen-bond acceptors (Lipinski definition) is 3. The van der Waals surface area contributed by atoms with E-state index in [9.17, 15) is 4.79 Å². The van der Waals surface area contributed by atoms with E-state index in [2.05, 4.69) is 10.3 Å². The molecule has 0 atom stereocenters. The van der Waals surface area contributed by atoms with Crippen LogP contribution in [0.1, 0.15) is 15.4 Å². The molecule has 6 heteroatoms. The maximum atomic E-state index is 12.6. The van der Waals surface area contributed by atoms with Crippen molar-refractivity contribution >= 4 is 28.8 Å². The summed E-state index contributed by atoms with van der Waals surface area (Å²) in [5, 5.41) is 5.63. The number of benzene rings is 2. The number of halogens is 1. The van der Waals surface area contributed by atoms with Crippen LogP contribution in [0.25, 0.3) is 16.8 Å². The fraction of sp³-hybridized carbons (Fsp3) is 0.0476. The van der Waals surface area contributed by atoms with E-state index >= 15 is 0 Å². The van der Waals surface area contributed by atoms with Gasteiger partial charge in [-0.25, -0.2) is 4.98 Å². The molecule has 0 fully saturated rings. The maximum absolute atomic E-state index is 12.6. The molecular weight excluding hydrogens is 378 g/mol. The summed E-state index contributed by atoms with van der Waals surface area (Å²) < 4.78 is 1.79. The van der Waals surface area contributed by atoms with Gasteiger partial charge in [-0.2, -0.15) is 0 Å². The predicted octanol–water partition coefficient (Wildman–Crippen LogP) is 5.18. The van der Waals surface area contributed by atoms with Crippen molar-refractivity contribution in [1.29, 1.82) is 0 Å². The molecule has 0 aliphatic heterocycles. The Morgan fingerprint density at radius 1 is 1.07 bits per heavy atom. The smallest absolute Gasteiger partial charge is 0.270 e. The van der Waals surface area contributed by atoms with Crippen LogP contribution < -0.4 is 5.32 Å². The van der Waals surface area contributed by atoms with Crippen molar-refractivity contribution in [2.75, 3.05) is 0 Å². The highest BCUT2D eigenvalue weighted by Gasteiger charge is 2.13. The first-order valence-electron chi connectivity index (χ1n) is 8.40. The van der Waals surface area contributed by atoms with Gasteiger partial charge in [-0.1, -0.05) is 41.9 Å². The molecule has 2 aromatic carbocycles. The van der Waals surface area contributed by atoms with Gasteiger partial charge in [0.2, 0.25) is 0 Å². The molecule has 1 N–H and O–H groups in total. The highest BCUT2D eigenvalue weighted by molar-refractivity contribution is 7.09. The first kappa shape index (κ1) is 17.5. The quantitative estimate of drug-likeness (QED) is 0.507. The van der Waals surface area contributed by atoms with E-state index in [0.717, 1.165) is 21.7 Å². The van der Waals surface area contributed by atoms with E-state index in [0.29, 0.717) is 17.3 Å². The standard InChI is InChI=1S/C21H16ClN3OS/c22-17-6-1-4-15(10-17)16-5-2-7-18(11-16)25-14-23-13-20(25)21(26)24-12-19-8-3-9-27-19/h1-11,13-14H,12H2,(H,24,26). The Kier molecular flexibility index (Phi) is 5.05. The Bertz CT molecular complexity index is 1070. The van der Waals surface area contributed by atoms with E-state index in [1.165, 1.54) is 0 Å². The summed E-state index contributed by atoms with van der Waals surface area (Å²) in [7, 11) is 0. The minimum atomic E-state index is -0.158. The van der Waals surface area contributed by atoms with Crippen molar-refractivity contribution in [3.63, 3.8) is 0 Å². The van der Waals surface area contributed by atoms with Crippen molar-refractivity contribution in [2.24, 2.45) is 0 Å². The highest BCUT2D eigenvalue weighted by atomic mass is 35.5. The van der Waals surface area contributed by atoms with Gasteiger partial charge >= 0.3 is 0 Å². The Labute approximate surface area is 166 Å². The van der Waals surface area contributed by atoms with Crippen molar-refractivity contribution in [3.8, 4) is 16.8 Å². The Morgan fingerprint density at radius 2 is 1.89 bits per heavy atom. The summed E-state index contributed by atoms with van der Waals surface area (Å²) in [6.07, 6.45) is 3.23. The molecule has 0 saturated carbocycles. The topological polar surface area (TPSA) is 46.9 Å². The molecule has 0 radical (unpaired) electrons. The SMILES string of the molecule is O=C(NCc1cccs1)c1cncn1-c1cccc(-c2cccc(Cl)c2)c1. The fourth-order valence-electron chi connectivity index (χ4n) is 2.84. The lowest BCUT2D eigenvalue weighted by atomic mass is 10.1.